The van der Waals surface area contributed by atoms with Crippen molar-refractivity contribution in [2.75, 3.05) is 6.61 Å². The number of halogens is 1. The van der Waals surface area contributed by atoms with Gasteiger partial charge in [0.2, 0.25) is 5.78 Å². The van der Waals surface area contributed by atoms with Crippen LogP contribution in [0.25, 0.3) is 0 Å². The van der Waals surface area contributed by atoms with E-state index < -0.39 is 79.3 Å². The third-order valence-electron chi connectivity index (χ3n) is 10.3. The predicted octanol–water partition coefficient (Wildman–Crippen LogP) is -0.331. The maximum atomic E-state index is 17.3. The molecule has 9 nitrogen and oxygen atoms in total. The molecule has 0 heterocycles. The number of ketones is 2. The molecule has 0 radical (unpaired) electrons. The molecule has 3 saturated carbocycles. The van der Waals surface area contributed by atoms with Gasteiger partial charge in [0.25, 0.3) is 0 Å². The molecule has 4 aliphatic rings. The van der Waals surface area contributed by atoms with E-state index in [9.17, 15) is 37.6 Å². The summed E-state index contributed by atoms with van der Waals surface area (Å²) < 4.78 is 56.3. The molecular weight excluding hydrogens is 566 g/mol. The van der Waals surface area contributed by atoms with Crippen LogP contribution in [0.4, 0.5) is 4.39 Å². The minimum Gasteiger partial charge on any atom is -0.744 e. The van der Waals surface area contributed by atoms with Crippen LogP contribution in [0.5, 0.6) is 0 Å². The Morgan fingerprint density at radius 2 is 1.90 bits per heavy atom. The van der Waals surface area contributed by atoms with Crippen molar-refractivity contribution in [3.8, 4) is 0 Å². The average Bonchev–Trinajstić information content (AvgIpc) is 3.09. The first-order valence-electron chi connectivity index (χ1n) is 13.3. The van der Waals surface area contributed by atoms with Gasteiger partial charge in [-0.05, 0) is 74.8 Å². The number of fused-ring (bicyclic) bond motifs is 5. The summed E-state index contributed by atoms with van der Waals surface area (Å²) >= 11 is 0. The topological polar surface area (TPSA) is 158 Å². The van der Waals surface area contributed by atoms with Crippen LogP contribution < -0.4 is 29.6 Å². The Hall–Kier alpha value is -1.73. The Morgan fingerprint density at radius 3 is 2.56 bits per heavy atom. The van der Waals surface area contributed by atoms with E-state index in [0.29, 0.717) is 24.8 Å². The van der Waals surface area contributed by atoms with Crippen LogP contribution in [0.15, 0.2) is 53.0 Å². The second kappa shape index (κ2) is 10.5. The summed E-state index contributed by atoms with van der Waals surface area (Å²) in [6.07, 6.45) is 3.60. The van der Waals surface area contributed by atoms with Crippen molar-refractivity contribution in [2.45, 2.75) is 68.7 Å². The number of carbonyl (C=O) groups is 3. The van der Waals surface area contributed by atoms with Crippen molar-refractivity contribution in [3.63, 3.8) is 0 Å². The quantitative estimate of drug-likeness (QED) is 0.263. The summed E-state index contributed by atoms with van der Waals surface area (Å²) in [7, 11) is -4.82. The van der Waals surface area contributed by atoms with E-state index >= 15 is 4.39 Å². The maximum Gasteiger partial charge on any atom is 1.00 e. The first-order chi connectivity index (χ1) is 18.5. The van der Waals surface area contributed by atoms with E-state index in [-0.39, 0.29) is 47.3 Å². The van der Waals surface area contributed by atoms with E-state index in [1.165, 1.54) is 30.4 Å². The number of aliphatic hydroxyl groups excluding tert-OH is 1. The fraction of sp³-hybridized carbons (Fsp3) is 0.552. The van der Waals surface area contributed by atoms with Crippen molar-refractivity contribution < 1.29 is 76.3 Å². The van der Waals surface area contributed by atoms with Gasteiger partial charge in [0, 0.05) is 16.7 Å². The molecule has 2 N–H and O–H groups in total. The van der Waals surface area contributed by atoms with Crippen LogP contribution in [0, 0.1) is 28.6 Å². The van der Waals surface area contributed by atoms with E-state index in [2.05, 4.69) is 0 Å². The summed E-state index contributed by atoms with van der Waals surface area (Å²) in [5.74, 6) is -3.93. The van der Waals surface area contributed by atoms with Crippen molar-refractivity contribution >= 4 is 27.7 Å². The van der Waals surface area contributed by atoms with E-state index in [0.717, 1.165) is 12.1 Å². The molecule has 0 saturated heterocycles. The molecule has 3 fully saturated rings. The normalized spacial score (nSPS) is 39.5. The Balaban J connectivity index is 0.00000387. The number of allylic oxidation sites excluding steroid dienone is 4. The van der Waals surface area contributed by atoms with Gasteiger partial charge in [0.1, 0.15) is 15.7 Å². The van der Waals surface area contributed by atoms with Gasteiger partial charge in [0.15, 0.2) is 18.1 Å². The zero-order chi connectivity index (χ0) is 29.5. The number of rotatable bonds is 5. The van der Waals surface area contributed by atoms with E-state index in [4.69, 9.17) is 4.74 Å². The number of Topliss-reactive ketones (excluding diaryl/α,β-unsaturated/α-hetero) is 1. The van der Waals surface area contributed by atoms with Gasteiger partial charge in [-0.25, -0.2) is 17.6 Å². The number of alkyl halides is 1. The van der Waals surface area contributed by atoms with E-state index in [1.54, 1.807) is 20.8 Å². The van der Waals surface area contributed by atoms with Crippen molar-refractivity contribution in [2.24, 2.45) is 28.6 Å². The molecule has 41 heavy (non-hydrogen) atoms. The fourth-order valence-corrected chi connectivity index (χ4v) is 8.76. The molecular formula is C29H32FNaO9S. The molecule has 0 bridgehead atoms. The van der Waals surface area contributed by atoms with Gasteiger partial charge in [0.05, 0.1) is 16.6 Å². The number of hydrogen-bond acceptors (Lipinski definition) is 9. The molecule has 0 aromatic heterocycles. The number of aliphatic hydroxyl groups is 2. The second-order valence-corrected chi connectivity index (χ2v) is 13.5. The fourth-order valence-electron chi connectivity index (χ4n) is 8.24. The minimum absolute atomic E-state index is 0. The van der Waals surface area contributed by atoms with Crippen LogP contribution in [0.2, 0.25) is 0 Å². The van der Waals surface area contributed by atoms with Crippen molar-refractivity contribution in [1.29, 1.82) is 0 Å². The summed E-state index contributed by atoms with van der Waals surface area (Å²) in [5, 5.41) is 23.4. The van der Waals surface area contributed by atoms with Crippen LogP contribution in [-0.2, 0) is 24.4 Å². The second-order valence-electron chi connectivity index (χ2n) is 12.1. The standard InChI is InChI=1S/C29H33FO9S.Na/c1-16-11-22-21-8-7-18-13-19(31)9-10-26(18,2)28(21,30)23(32)14-27(22,3)29(16,35)24(33)15-39-25(34)17-5-4-6-20(12-17)40(36,37)38;/h4-6,9-10,12-13,16,21-23,32,35H,7-8,11,14-15H2,1-3H3,(H,36,37,38);/q;+1/p-1/t16-,21?,22?,23+,26+,27+,28?,29+;/m1./s1. The largest absolute Gasteiger partial charge is 1.00 e. The van der Waals surface area contributed by atoms with Crippen LogP contribution in [0.3, 0.4) is 0 Å². The van der Waals surface area contributed by atoms with Crippen LogP contribution in [-0.4, -0.2) is 64.7 Å². The van der Waals surface area contributed by atoms with Crippen molar-refractivity contribution in [1.82, 2.24) is 0 Å². The van der Waals surface area contributed by atoms with Gasteiger partial charge in [-0.2, -0.15) is 0 Å². The molecule has 216 valence electrons. The number of esters is 1. The van der Waals surface area contributed by atoms with Gasteiger partial charge in [-0.1, -0.05) is 31.6 Å². The zero-order valence-corrected chi connectivity index (χ0v) is 26.2. The maximum absolute atomic E-state index is 17.3. The monoisotopic (exact) mass is 598 g/mol. The van der Waals surface area contributed by atoms with Crippen molar-refractivity contribution in [3.05, 3.63) is 53.6 Å². The summed E-state index contributed by atoms with van der Waals surface area (Å²) in [4.78, 5) is 37.5. The predicted molar refractivity (Wildman–Crippen MR) is 138 cm³/mol. The third-order valence-corrected chi connectivity index (χ3v) is 11.2. The number of ether oxygens (including phenoxy) is 1. The Bertz CT molecular complexity index is 1470. The molecule has 12 heteroatoms. The number of carbonyl (C=O) groups excluding carboxylic acids is 3. The van der Waals surface area contributed by atoms with Gasteiger partial charge in [-0.3, -0.25) is 9.59 Å². The molecule has 1 aromatic carbocycles. The Morgan fingerprint density at radius 1 is 1.22 bits per heavy atom. The first kappa shape index (κ1) is 32.2. The molecule has 0 amide bonds. The smallest absolute Gasteiger partial charge is 0.744 e. The average molecular weight is 599 g/mol. The molecule has 0 spiro atoms. The third kappa shape index (κ3) is 4.54. The molecule has 1 aromatic rings. The Labute approximate surface area is 260 Å². The molecule has 5 rings (SSSR count). The molecule has 4 aliphatic carbocycles. The van der Waals surface area contributed by atoms with Crippen LogP contribution >= 0.6 is 0 Å². The summed E-state index contributed by atoms with van der Waals surface area (Å²) in [5.41, 5.74) is -6.24. The molecule has 3 unspecified atom stereocenters. The van der Waals surface area contributed by atoms with E-state index in [1.807, 2.05) is 0 Å². The summed E-state index contributed by atoms with van der Waals surface area (Å²) in [6.45, 7) is 4.18. The van der Waals surface area contributed by atoms with Gasteiger partial charge in [-0.15, -0.1) is 0 Å². The molecule has 0 aliphatic heterocycles. The summed E-state index contributed by atoms with van der Waals surface area (Å²) in [6, 6.07) is 4.29. The SMILES string of the molecule is C[C@@H]1CC2C3CCC4=CC(=O)C=C[C@]4(C)C3(F)[C@@H](O)C[C@]2(C)[C@@]1(O)C(=O)COC(=O)c1cccc(S(=O)(=O)[O-])c1.[Na+]. The van der Waals surface area contributed by atoms with Gasteiger partial charge < -0.3 is 19.5 Å². The number of benzene rings is 1. The zero-order valence-electron chi connectivity index (χ0n) is 23.4. The first-order valence-corrected chi connectivity index (χ1v) is 14.7. The number of hydrogen-bond donors (Lipinski definition) is 2. The minimum atomic E-state index is -4.82. The van der Waals surface area contributed by atoms with Crippen LogP contribution in [0.1, 0.15) is 56.8 Å². The van der Waals surface area contributed by atoms with Gasteiger partial charge >= 0.3 is 35.5 Å². The Kier molecular flexibility index (Phi) is 8.22. The molecule has 8 atom stereocenters.